The van der Waals surface area contributed by atoms with Gasteiger partial charge in [-0.3, -0.25) is 4.99 Å². The molecule has 3 heterocycles. The van der Waals surface area contributed by atoms with Crippen LogP contribution in [0.4, 0.5) is 19.6 Å². The fourth-order valence-corrected chi connectivity index (χ4v) is 5.05. The van der Waals surface area contributed by atoms with E-state index < -0.39 is 11.6 Å². The zero-order chi connectivity index (χ0) is 21.6. The largest absolute Gasteiger partial charge is 0.365 e. The molecule has 4 rings (SSSR count). The number of thiazole rings is 1. The molecular formula is C22H31F2IN6S. The van der Waals surface area contributed by atoms with Gasteiger partial charge in [-0.15, -0.1) is 35.3 Å². The lowest BCUT2D eigenvalue weighted by atomic mass is 10.2. The Labute approximate surface area is 209 Å². The molecule has 2 saturated heterocycles. The van der Waals surface area contributed by atoms with Crippen molar-refractivity contribution < 1.29 is 8.78 Å². The molecule has 2 fully saturated rings. The molecule has 1 unspecified atom stereocenters. The first-order valence-corrected chi connectivity index (χ1v) is 11.9. The third kappa shape index (κ3) is 6.21. The Bertz CT molecular complexity index is 882. The van der Waals surface area contributed by atoms with Crippen molar-refractivity contribution in [1.82, 2.24) is 15.6 Å². The van der Waals surface area contributed by atoms with E-state index in [-0.39, 0.29) is 35.7 Å². The highest BCUT2D eigenvalue weighted by Crippen LogP contribution is 2.27. The van der Waals surface area contributed by atoms with Crippen molar-refractivity contribution >= 4 is 52.1 Å². The Balaban J connectivity index is 0.00000289. The number of nitrogens with one attached hydrogen (secondary N) is 2. The van der Waals surface area contributed by atoms with E-state index in [1.54, 1.807) is 16.2 Å². The van der Waals surface area contributed by atoms with Gasteiger partial charge in [-0.2, -0.15) is 0 Å². The molecule has 0 radical (unpaired) electrons. The minimum absolute atomic E-state index is 0. The van der Waals surface area contributed by atoms with Crippen LogP contribution in [-0.4, -0.2) is 56.3 Å². The highest BCUT2D eigenvalue weighted by molar-refractivity contribution is 14.0. The zero-order valence-electron chi connectivity index (χ0n) is 18.3. The SMILES string of the molecule is CCNC(=NCCc1csc(N2CCCC2)n1)NC1CCN(c2c(F)cccc2F)C1.I. The lowest BCUT2D eigenvalue weighted by molar-refractivity contribution is 0.576. The monoisotopic (exact) mass is 576 g/mol. The second-order valence-electron chi connectivity index (χ2n) is 7.97. The summed E-state index contributed by atoms with van der Waals surface area (Å²) in [6.07, 6.45) is 4.08. The number of para-hydroxylation sites is 1. The van der Waals surface area contributed by atoms with E-state index in [2.05, 4.69) is 20.9 Å². The summed E-state index contributed by atoms with van der Waals surface area (Å²) in [5.41, 5.74) is 1.14. The third-order valence-corrected chi connectivity index (χ3v) is 6.63. The number of hydrogen-bond acceptors (Lipinski definition) is 5. The Hall–Kier alpha value is -1.69. The first kappa shape index (κ1) is 24.9. The van der Waals surface area contributed by atoms with E-state index in [1.165, 1.54) is 31.0 Å². The van der Waals surface area contributed by atoms with E-state index in [9.17, 15) is 8.78 Å². The Kier molecular flexibility index (Phi) is 9.33. The number of rotatable bonds is 7. The van der Waals surface area contributed by atoms with Crippen LogP contribution in [0, 0.1) is 11.6 Å². The van der Waals surface area contributed by atoms with Gasteiger partial charge in [0.15, 0.2) is 11.1 Å². The molecule has 0 spiro atoms. The average Bonchev–Trinajstić information content (AvgIpc) is 3.50. The van der Waals surface area contributed by atoms with Crippen LogP contribution in [0.15, 0.2) is 28.6 Å². The second-order valence-corrected chi connectivity index (χ2v) is 8.81. The van der Waals surface area contributed by atoms with E-state index in [0.29, 0.717) is 19.6 Å². The van der Waals surface area contributed by atoms with Gasteiger partial charge < -0.3 is 20.4 Å². The van der Waals surface area contributed by atoms with Gasteiger partial charge in [0, 0.05) is 57.1 Å². The van der Waals surface area contributed by atoms with Crippen LogP contribution in [-0.2, 0) is 6.42 Å². The lowest BCUT2D eigenvalue weighted by Crippen LogP contribution is -2.44. The maximum Gasteiger partial charge on any atom is 0.191 e. The van der Waals surface area contributed by atoms with Gasteiger partial charge in [0.2, 0.25) is 0 Å². The number of anilines is 2. The first-order chi connectivity index (χ1) is 15.1. The standard InChI is InChI=1S/C22H30F2N6S.HI/c1-2-25-21(26-10-8-17-15-31-22(28-17)29-11-3-4-12-29)27-16-9-13-30(14-16)20-18(23)6-5-7-19(20)24;/h5-7,15-16H,2-4,8-14H2,1H3,(H2,25,26,27);1H. The Morgan fingerprint density at radius 2 is 1.94 bits per heavy atom. The van der Waals surface area contributed by atoms with Crippen LogP contribution in [0.2, 0.25) is 0 Å². The van der Waals surface area contributed by atoms with E-state index in [1.807, 2.05) is 6.92 Å². The van der Waals surface area contributed by atoms with Crippen molar-refractivity contribution in [3.63, 3.8) is 0 Å². The summed E-state index contributed by atoms with van der Waals surface area (Å²) < 4.78 is 28.2. The van der Waals surface area contributed by atoms with Gasteiger partial charge in [0.05, 0.1) is 5.69 Å². The summed E-state index contributed by atoms with van der Waals surface area (Å²) in [5.74, 6) is -0.297. The molecule has 0 bridgehead atoms. The van der Waals surface area contributed by atoms with Gasteiger partial charge in [-0.25, -0.2) is 13.8 Å². The molecule has 2 aliphatic heterocycles. The third-order valence-electron chi connectivity index (χ3n) is 5.68. The van der Waals surface area contributed by atoms with Crippen LogP contribution < -0.4 is 20.4 Å². The summed E-state index contributed by atoms with van der Waals surface area (Å²) in [5, 5.41) is 9.93. The van der Waals surface area contributed by atoms with Crippen LogP contribution in [0.1, 0.15) is 31.9 Å². The normalized spacial score (nSPS) is 18.7. The van der Waals surface area contributed by atoms with Crippen molar-refractivity contribution in [2.45, 2.75) is 38.6 Å². The van der Waals surface area contributed by atoms with Crippen molar-refractivity contribution in [2.75, 3.05) is 49.1 Å². The van der Waals surface area contributed by atoms with Crippen LogP contribution in [0.25, 0.3) is 0 Å². The molecule has 10 heteroatoms. The molecule has 0 saturated carbocycles. The predicted molar refractivity (Wildman–Crippen MR) is 139 cm³/mol. The van der Waals surface area contributed by atoms with Crippen molar-refractivity contribution in [2.24, 2.45) is 4.99 Å². The molecule has 6 nitrogen and oxygen atoms in total. The number of aromatic nitrogens is 1. The van der Waals surface area contributed by atoms with E-state index >= 15 is 0 Å². The Morgan fingerprint density at radius 1 is 1.19 bits per heavy atom. The molecule has 0 amide bonds. The summed E-state index contributed by atoms with van der Waals surface area (Å²) in [4.78, 5) is 13.6. The van der Waals surface area contributed by atoms with Gasteiger partial charge in [-0.05, 0) is 38.3 Å². The highest BCUT2D eigenvalue weighted by Gasteiger charge is 2.27. The predicted octanol–water partition coefficient (Wildman–Crippen LogP) is 4.02. The van der Waals surface area contributed by atoms with Crippen molar-refractivity contribution in [3.05, 3.63) is 40.9 Å². The molecule has 176 valence electrons. The fourth-order valence-electron chi connectivity index (χ4n) is 4.13. The maximum absolute atomic E-state index is 14.1. The number of hydrogen-bond donors (Lipinski definition) is 2. The number of nitrogens with zero attached hydrogens (tertiary/aromatic N) is 4. The molecule has 32 heavy (non-hydrogen) atoms. The van der Waals surface area contributed by atoms with Gasteiger partial charge in [-0.1, -0.05) is 6.07 Å². The maximum atomic E-state index is 14.1. The van der Waals surface area contributed by atoms with E-state index in [0.717, 1.165) is 49.3 Å². The average molecular weight is 576 g/mol. The summed E-state index contributed by atoms with van der Waals surface area (Å²) in [7, 11) is 0. The minimum atomic E-state index is -0.516. The second kappa shape index (κ2) is 12.0. The number of halogens is 3. The van der Waals surface area contributed by atoms with Crippen molar-refractivity contribution in [1.29, 1.82) is 0 Å². The van der Waals surface area contributed by atoms with E-state index in [4.69, 9.17) is 9.98 Å². The zero-order valence-corrected chi connectivity index (χ0v) is 21.5. The van der Waals surface area contributed by atoms with Gasteiger partial charge >= 0.3 is 0 Å². The van der Waals surface area contributed by atoms with Crippen LogP contribution in [0.5, 0.6) is 0 Å². The Morgan fingerprint density at radius 3 is 2.66 bits per heavy atom. The molecule has 2 aliphatic rings. The molecule has 1 aromatic carbocycles. The minimum Gasteiger partial charge on any atom is -0.365 e. The number of benzene rings is 1. The number of aliphatic imine (C=N–C) groups is 1. The topological polar surface area (TPSA) is 55.8 Å². The van der Waals surface area contributed by atoms with Gasteiger partial charge in [0.25, 0.3) is 0 Å². The lowest BCUT2D eigenvalue weighted by Gasteiger charge is -2.21. The molecule has 1 atom stereocenters. The highest BCUT2D eigenvalue weighted by atomic mass is 127. The van der Waals surface area contributed by atoms with Crippen molar-refractivity contribution in [3.8, 4) is 0 Å². The first-order valence-electron chi connectivity index (χ1n) is 11.1. The summed E-state index contributed by atoms with van der Waals surface area (Å²) in [6, 6.07) is 4.08. The molecular weight excluding hydrogens is 545 g/mol. The molecule has 2 aromatic rings. The number of guanidine groups is 1. The molecule has 1 aromatic heterocycles. The summed E-state index contributed by atoms with van der Waals surface area (Å²) >= 11 is 1.71. The smallest absolute Gasteiger partial charge is 0.191 e. The van der Waals surface area contributed by atoms with Crippen LogP contribution in [0.3, 0.4) is 0 Å². The molecule has 0 aliphatic carbocycles. The fraction of sp³-hybridized carbons (Fsp3) is 0.545. The van der Waals surface area contributed by atoms with Crippen LogP contribution >= 0.6 is 35.3 Å². The van der Waals surface area contributed by atoms with Gasteiger partial charge in [0.1, 0.15) is 17.3 Å². The summed E-state index contributed by atoms with van der Waals surface area (Å²) in [6.45, 7) is 6.76. The molecule has 2 N–H and O–H groups in total. The quantitative estimate of drug-likeness (QED) is 0.297.